The summed E-state index contributed by atoms with van der Waals surface area (Å²) < 4.78 is 36.8. The van der Waals surface area contributed by atoms with E-state index in [9.17, 15) is 13.2 Å². The summed E-state index contributed by atoms with van der Waals surface area (Å²) in [6.07, 6.45) is -0.986. The van der Waals surface area contributed by atoms with Crippen molar-refractivity contribution in [3.05, 3.63) is 23.3 Å². The van der Waals surface area contributed by atoms with E-state index in [4.69, 9.17) is 14.6 Å². The smallest absolute Gasteiger partial charge is 0.333 e. The number of sulfonamides is 1. The molecule has 1 aromatic rings. The van der Waals surface area contributed by atoms with Gasteiger partial charge in [0.15, 0.2) is 6.10 Å². The highest BCUT2D eigenvalue weighted by Crippen LogP contribution is 2.33. The van der Waals surface area contributed by atoms with Gasteiger partial charge in [-0.05, 0) is 37.1 Å². The van der Waals surface area contributed by atoms with Gasteiger partial charge in [0.1, 0.15) is 5.75 Å². The molecule has 1 fully saturated rings. The minimum absolute atomic E-state index is 0.137. The number of nitrogens with zero attached hydrogens (tertiary/aromatic N) is 1. The minimum Gasteiger partial charge on any atom is -0.496 e. The van der Waals surface area contributed by atoms with Crippen LogP contribution < -0.4 is 4.74 Å². The Hall–Kier alpha value is -1.64. The van der Waals surface area contributed by atoms with E-state index in [-0.39, 0.29) is 23.9 Å². The third-order valence-electron chi connectivity index (χ3n) is 4.33. The summed E-state index contributed by atoms with van der Waals surface area (Å²) in [7, 11) is -0.805. The van der Waals surface area contributed by atoms with Crippen LogP contribution >= 0.6 is 0 Å². The largest absolute Gasteiger partial charge is 0.496 e. The lowest BCUT2D eigenvalue weighted by Gasteiger charge is -2.40. The molecule has 0 aliphatic carbocycles. The number of carboxylic acids is 1. The molecule has 0 spiro atoms. The number of ether oxygens (including phenoxy) is 2. The number of benzene rings is 1. The lowest BCUT2D eigenvalue weighted by atomic mass is 9.96. The summed E-state index contributed by atoms with van der Waals surface area (Å²) in [5, 5.41) is 9.05. The second kappa shape index (κ2) is 6.46. The van der Waals surface area contributed by atoms with Crippen molar-refractivity contribution in [3.8, 4) is 5.75 Å². The first-order valence-electron chi connectivity index (χ1n) is 7.14. The van der Waals surface area contributed by atoms with Crippen LogP contribution in [0.25, 0.3) is 0 Å². The van der Waals surface area contributed by atoms with Crippen molar-refractivity contribution in [2.24, 2.45) is 5.92 Å². The van der Waals surface area contributed by atoms with Crippen molar-refractivity contribution in [2.45, 2.75) is 24.8 Å². The molecule has 1 unspecified atom stereocenters. The van der Waals surface area contributed by atoms with Crippen molar-refractivity contribution in [1.82, 2.24) is 4.31 Å². The molecular weight excluding hydrogens is 322 g/mol. The number of methoxy groups -OCH3 is 2. The van der Waals surface area contributed by atoms with Gasteiger partial charge in [-0.3, -0.25) is 0 Å². The fourth-order valence-electron chi connectivity index (χ4n) is 2.76. The highest BCUT2D eigenvalue weighted by molar-refractivity contribution is 7.89. The van der Waals surface area contributed by atoms with E-state index in [2.05, 4.69) is 0 Å². The highest BCUT2D eigenvalue weighted by atomic mass is 32.2. The van der Waals surface area contributed by atoms with Gasteiger partial charge in [-0.15, -0.1) is 0 Å². The van der Waals surface area contributed by atoms with Gasteiger partial charge < -0.3 is 14.6 Å². The predicted molar refractivity (Wildman–Crippen MR) is 83.1 cm³/mol. The van der Waals surface area contributed by atoms with Crippen LogP contribution in [0.3, 0.4) is 0 Å². The van der Waals surface area contributed by atoms with Crippen molar-refractivity contribution in [2.75, 3.05) is 27.3 Å². The summed E-state index contributed by atoms with van der Waals surface area (Å²) in [5.74, 6) is -0.786. The van der Waals surface area contributed by atoms with Crippen LogP contribution in [0.1, 0.15) is 11.1 Å². The molecule has 23 heavy (non-hydrogen) atoms. The second-order valence-corrected chi connectivity index (χ2v) is 7.50. The average Bonchev–Trinajstić information content (AvgIpc) is 2.43. The number of hydrogen-bond donors (Lipinski definition) is 1. The normalized spacial score (nSPS) is 17.6. The van der Waals surface area contributed by atoms with E-state index in [0.717, 1.165) is 5.56 Å². The minimum atomic E-state index is -3.65. The standard InChI is InChI=1S/C15H21NO6S/c1-9-10(2)13(6-5-12(9)21-3)23(19,20)16-7-11(8-16)14(22-4)15(17)18/h5-6,11,14H,7-8H2,1-4H3,(H,17,18). The molecule has 0 saturated carbocycles. The SMILES string of the molecule is COc1ccc(S(=O)(=O)N2CC(C(OC)C(=O)O)C2)c(C)c1C. The zero-order valence-electron chi connectivity index (χ0n) is 13.6. The number of hydrogen-bond acceptors (Lipinski definition) is 5. The summed E-state index contributed by atoms with van der Waals surface area (Å²) in [6, 6.07) is 3.15. The van der Waals surface area contributed by atoms with Gasteiger partial charge in [-0.25, -0.2) is 13.2 Å². The predicted octanol–water partition coefficient (Wildman–Crippen LogP) is 1.03. The Morgan fingerprint density at radius 1 is 1.26 bits per heavy atom. The molecule has 0 bridgehead atoms. The number of rotatable bonds is 6. The second-order valence-electron chi connectivity index (χ2n) is 5.59. The van der Waals surface area contributed by atoms with Crippen LogP contribution in [0.15, 0.2) is 17.0 Å². The van der Waals surface area contributed by atoms with Gasteiger partial charge in [-0.2, -0.15) is 4.31 Å². The Kier molecular flexibility index (Phi) is 4.98. The lowest BCUT2D eigenvalue weighted by Crippen LogP contribution is -2.56. The van der Waals surface area contributed by atoms with E-state index in [0.29, 0.717) is 11.3 Å². The van der Waals surface area contributed by atoms with E-state index in [1.54, 1.807) is 19.9 Å². The van der Waals surface area contributed by atoms with Crippen LogP contribution in [0.5, 0.6) is 5.75 Å². The molecule has 128 valence electrons. The zero-order valence-corrected chi connectivity index (χ0v) is 14.4. The van der Waals surface area contributed by atoms with Crippen LogP contribution in [-0.2, 0) is 19.6 Å². The molecule has 1 saturated heterocycles. The molecule has 1 aliphatic rings. The molecule has 1 aliphatic heterocycles. The summed E-state index contributed by atoms with van der Waals surface area (Å²) >= 11 is 0. The van der Waals surface area contributed by atoms with Gasteiger partial charge in [0.05, 0.1) is 12.0 Å². The summed E-state index contributed by atoms with van der Waals surface area (Å²) in [6.45, 7) is 3.81. The summed E-state index contributed by atoms with van der Waals surface area (Å²) in [5.41, 5.74) is 1.40. The zero-order chi connectivity index (χ0) is 17.4. The van der Waals surface area contributed by atoms with E-state index in [1.165, 1.54) is 24.6 Å². The summed E-state index contributed by atoms with van der Waals surface area (Å²) in [4.78, 5) is 11.3. The number of carboxylic acid groups (broad SMARTS) is 1. The topological polar surface area (TPSA) is 93.1 Å². The average molecular weight is 343 g/mol. The van der Waals surface area contributed by atoms with Crippen molar-refractivity contribution in [3.63, 3.8) is 0 Å². The van der Waals surface area contributed by atoms with E-state index >= 15 is 0 Å². The molecule has 8 heteroatoms. The Bertz CT molecular complexity index is 709. The number of carbonyl (C=O) groups is 1. The fraction of sp³-hybridized carbons (Fsp3) is 0.533. The van der Waals surface area contributed by atoms with Crippen molar-refractivity contribution >= 4 is 16.0 Å². The quantitative estimate of drug-likeness (QED) is 0.829. The molecule has 7 nitrogen and oxygen atoms in total. The molecule has 0 radical (unpaired) electrons. The molecule has 1 aromatic carbocycles. The van der Waals surface area contributed by atoms with Gasteiger partial charge >= 0.3 is 5.97 Å². The first kappa shape index (κ1) is 17.7. The van der Waals surface area contributed by atoms with Gasteiger partial charge in [0.2, 0.25) is 10.0 Å². The monoisotopic (exact) mass is 343 g/mol. The Morgan fingerprint density at radius 3 is 2.35 bits per heavy atom. The van der Waals surface area contributed by atoms with Crippen molar-refractivity contribution in [1.29, 1.82) is 0 Å². The number of aliphatic carboxylic acids is 1. The van der Waals surface area contributed by atoms with E-state index < -0.39 is 22.1 Å². The Morgan fingerprint density at radius 2 is 1.87 bits per heavy atom. The Balaban J connectivity index is 2.22. The first-order valence-corrected chi connectivity index (χ1v) is 8.58. The maximum absolute atomic E-state index is 12.7. The fourth-order valence-corrected chi connectivity index (χ4v) is 4.60. The van der Waals surface area contributed by atoms with Crippen LogP contribution in [0, 0.1) is 19.8 Å². The lowest BCUT2D eigenvalue weighted by molar-refractivity contribution is -0.154. The van der Waals surface area contributed by atoms with Crippen LogP contribution in [0.2, 0.25) is 0 Å². The molecular formula is C15H21NO6S. The first-order chi connectivity index (χ1) is 10.7. The van der Waals surface area contributed by atoms with Crippen LogP contribution in [0.4, 0.5) is 0 Å². The molecule has 0 aromatic heterocycles. The molecule has 1 atom stereocenters. The van der Waals surface area contributed by atoms with E-state index in [1.807, 2.05) is 0 Å². The maximum Gasteiger partial charge on any atom is 0.333 e. The molecule has 0 amide bonds. The van der Waals surface area contributed by atoms with Crippen molar-refractivity contribution < 1.29 is 27.8 Å². The molecule has 1 N–H and O–H groups in total. The highest BCUT2D eigenvalue weighted by Gasteiger charge is 2.43. The van der Waals surface area contributed by atoms with Gasteiger partial charge in [0, 0.05) is 26.1 Å². The van der Waals surface area contributed by atoms with Crippen LogP contribution in [-0.4, -0.2) is 57.2 Å². The molecule has 2 rings (SSSR count). The molecule has 1 heterocycles. The third kappa shape index (κ3) is 3.06. The van der Waals surface area contributed by atoms with Gasteiger partial charge in [0.25, 0.3) is 0 Å². The third-order valence-corrected chi connectivity index (χ3v) is 6.30. The van der Waals surface area contributed by atoms with Gasteiger partial charge in [-0.1, -0.05) is 0 Å². The Labute approximate surface area is 135 Å². The maximum atomic E-state index is 12.7.